The number of rotatable bonds is 9. The molecule has 7 rings (SSSR count). The van der Waals surface area contributed by atoms with Crippen molar-refractivity contribution >= 4 is 32.2 Å². The Balaban J connectivity index is 1.21. The number of pyridine rings is 3. The average Bonchev–Trinajstić information content (AvgIpc) is 3.51. The molecule has 4 aromatic heterocycles. The first-order valence-corrected chi connectivity index (χ1v) is 19.7. The number of aromatic nitrogens is 5. The Labute approximate surface area is 294 Å². The highest BCUT2D eigenvalue weighted by Gasteiger charge is 2.40. The predicted octanol–water partition coefficient (Wildman–Crippen LogP) is 5.49. The average molecular weight is 705 g/mol. The summed E-state index contributed by atoms with van der Waals surface area (Å²) in [7, 11) is -1.44. The van der Waals surface area contributed by atoms with Crippen molar-refractivity contribution < 1.29 is 17.5 Å². The van der Waals surface area contributed by atoms with Crippen molar-refractivity contribution in [1.29, 1.82) is 0 Å². The van der Waals surface area contributed by atoms with Crippen molar-refractivity contribution in [3.63, 3.8) is 0 Å². The standard InChI is InChI=1S/C37H49FN8O3S/c1-25-29-21-40-46(32(29)19-31(41-25)30-20-39-12-7-33(30)49-5)35-18-28(45-22-27(26(45)2)23-50(6,47)48)17-34(42-35)44-15-10-37(11-16-44)8-13-43(14-9-37)24-36(3,4)38/h7,12,17-21,26-27H,8-11,13-16,22-24H2,1-6H3/t26-,27-/m1/s1. The molecule has 0 unspecified atom stereocenters. The minimum Gasteiger partial charge on any atom is -0.496 e. The van der Waals surface area contributed by atoms with Gasteiger partial charge in [0.25, 0.3) is 0 Å². The summed E-state index contributed by atoms with van der Waals surface area (Å²) in [6, 6.07) is 8.13. The van der Waals surface area contributed by atoms with Crippen molar-refractivity contribution in [2.45, 2.75) is 65.1 Å². The Morgan fingerprint density at radius 2 is 1.72 bits per heavy atom. The third-order valence-electron chi connectivity index (χ3n) is 11.2. The molecule has 0 bridgehead atoms. The Morgan fingerprint density at radius 3 is 2.38 bits per heavy atom. The van der Waals surface area contributed by atoms with E-state index >= 15 is 0 Å². The molecule has 13 heteroatoms. The number of ether oxygens (including phenoxy) is 1. The summed E-state index contributed by atoms with van der Waals surface area (Å²) >= 11 is 0. The van der Waals surface area contributed by atoms with Crippen LogP contribution in [0.1, 0.15) is 52.1 Å². The molecule has 11 nitrogen and oxygen atoms in total. The molecule has 1 spiro atoms. The minimum atomic E-state index is -3.08. The maximum atomic E-state index is 14.4. The van der Waals surface area contributed by atoms with Crippen LogP contribution in [-0.4, -0.2) is 108 Å². The molecule has 3 aliphatic heterocycles. The Hall–Kier alpha value is -3.84. The number of nitrogens with zero attached hydrogens (tertiary/aromatic N) is 8. The smallest absolute Gasteiger partial charge is 0.158 e. The molecule has 0 aliphatic carbocycles. The van der Waals surface area contributed by atoms with E-state index in [1.807, 2.05) is 29.9 Å². The van der Waals surface area contributed by atoms with Crippen molar-refractivity contribution in [3.8, 4) is 22.8 Å². The minimum absolute atomic E-state index is 0.0717. The molecule has 3 saturated heterocycles. The van der Waals surface area contributed by atoms with Gasteiger partial charge in [-0.2, -0.15) is 5.10 Å². The summed E-state index contributed by atoms with van der Waals surface area (Å²) in [5, 5.41) is 5.77. The van der Waals surface area contributed by atoms with E-state index in [1.54, 1.807) is 33.4 Å². The first-order valence-electron chi connectivity index (χ1n) is 17.7. The van der Waals surface area contributed by atoms with E-state index in [1.165, 1.54) is 6.26 Å². The van der Waals surface area contributed by atoms with Gasteiger partial charge in [0, 0.05) is 85.7 Å². The Kier molecular flexibility index (Phi) is 9.03. The van der Waals surface area contributed by atoms with Crippen LogP contribution in [-0.2, 0) is 9.84 Å². The highest BCUT2D eigenvalue weighted by molar-refractivity contribution is 7.90. The number of hydrogen-bond donors (Lipinski definition) is 0. The molecule has 3 aliphatic rings. The number of fused-ring (bicyclic) bond motifs is 1. The zero-order valence-corrected chi connectivity index (χ0v) is 30.9. The fraction of sp³-hybridized carbons (Fsp3) is 0.568. The second-order valence-electron chi connectivity index (χ2n) is 15.4. The van der Waals surface area contributed by atoms with Crippen LogP contribution in [0.25, 0.3) is 28.0 Å². The van der Waals surface area contributed by atoms with E-state index < -0.39 is 15.5 Å². The topological polar surface area (TPSA) is 110 Å². The van der Waals surface area contributed by atoms with Crippen LogP contribution in [0.15, 0.2) is 42.9 Å². The lowest BCUT2D eigenvalue weighted by molar-refractivity contribution is 0.0457. The summed E-state index contributed by atoms with van der Waals surface area (Å²) in [6.07, 6.45) is 11.0. The van der Waals surface area contributed by atoms with E-state index in [9.17, 15) is 12.8 Å². The molecular formula is C37H49FN8O3S. The van der Waals surface area contributed by atoms with Gasteiger partial charge in [0.15, 0.2) is 5.82 Å². The summed E-state index contributed by atoms with van der Waals surface area (Å²) in [5.41, 5.74) is 3.36. The van der Waals surface area contributed by atoms with E-state index in [0.29, 0.717) is 24.7 Å². The fourth-order valence-electron chi connectivity index (χ4n) is 8.21. The van der Waals surface area contributed by atoms with Crippen LogP contribution >= 0.6 is 0 Å². The number of aryl methyl sites for hydroxylation is 1. The molecule has 0 aromatic carbocycles. The maximum absolute atomic E-state index is 14.4. The van der Waals surface area contributed by atoms with E-state index in [4.69, 9.17) is 19.8 Å². The third kappa shape index (κ3) is 7.03. The lowest BCUT2D eigenvalue weighted by Crippen LogP contribution is -2.57. The molecule has 2 atom stereocenters. The van der Waals surface area contributed by atoms with Gasteiger partial charge in [-0.1, -0.05) is 0 Å². The molecule has 4 aromatic rings. The first kappa shape index (κ1) is 34.6. The number of likely N-dealkylation sites (tertiary alicyclic amines) is 1. The monoisotopic (exact) mass is 704 g/mol. The van der Waals surface area contributed by atoms with Gasteiger partial charge in [0.1, 0.15) is 27.1 Å². The second kappa shape index (κ2) is 13.0. The van der Waals surface area contributed by atoms with Gasteiger partial charge >= 0.3 is 0 Å². The summed E-state index contributed by atoms with van der Waals surface area (Å²) in [5.74, 6) is 2.54. The zero-order chi connectivity index (χ0) is 35.4. The highest BCUT2D eigenvalue weighted by Crippen LogP contribution is 2.43. The maximum Gasteiger partial charge on any atom is 0.158 e. The largest absolute Gasteiger partial charge is 0.496 e. The Bertz CT molecular complexity index is 1980. The SMILES string of the molecule is COc1ccncc1-c1cc2c(cnn2-c2cc(N3C[C@H](CS(C)(=O)=O)[C@H]3C)cc(N3CCC4(CCN(CC(C)(C)F)CC4)CC3)n2)c(C)n1. The molecule has 0 N–H and O–H groups in total. The number of hydrogen-bond acceptors (Lipinski definition) is 10. The summed E-state index contributed by atoms with van der Waals surface area (Å²) in [4.78, 5) is 21.4. The summed E-state index contributed by atoms with van der Waals surface area (Å²) < 4.78 is 46.1. The van der Waals surface area contributed by atoms with Gasteiger partial charge < -0.3 is 19.4 Å². The zero-order valence-electron chi connectivity index (χ0n) is 30.1. The fourth-order valence-corrected chi connectivity index (χ4v) is 9.37. The van der Waals surface area contributed by atoms with Crippen LogP contribution in [0.2, 0.25) is 0 Å². The van der Waals surface area contributed by atoms with Crippen LogP contribution in [0.5, 0.6) is 5.75 Å². The number of methoxy groups -OCH3 is 1. The molecule has 50 heavy (non-hydrogen) atoms. The predicted molar refractivity (Wildman–Crippen MR) is 196 cm³/mol. The Morgan fingerprint density at radius 1 is 1.02 bits per heavy atom. The lowest BCUT2D eigenvalue weighted by atomic mass is 9.71. The van der Waals surface area contributed by atoms with Gasteiger partial charge in [-0.3, -0.25) is 9.97 Å². The molecule has 0 radical (unpaired) electrons. The number of alkyl halides is 1. The van der Waals surface area contributed by atoms with Gasteiger partial charge in [-0.25, -0.2) is 22.5 Å². The van der Waals surface area contributed by atoms with Crippen LogP contribution in [0, 0.1) is 18.3 Å². The second-order valence-corrected chi connectivity index (χ2v) is 17.6. The molecular weight excluding hydrogens is 656 g/mol. The number of piperidine rings is 2. The molecule has 0 saturated carbocycles. The lowest BCUT2D eigenvalue weighted by Gasteiger charge is -2.49. The van der Waals surface area contributed by atoms with Gasteiger partial charge in [0.2, 0.25) is 0 Å². The van der Waals surface area contributed by atoms with Crippen molar-refractivity contribution in [2.24, 2.45) is 11.3 Å². The molecule has 0 amide bonds. The number of anilines is 2. The van der Waals surface area contributed by atoms with Gasteiger partial charge in [0.05, 0.1) is 35.8 Å². The molecule has 268 valence electrons. The first-order chi connectivity index (χ1) is 23.7. The number of halogens is 1. The molecule has 7 heterocycles. The number of sulfone groups is 1. The van der Waals surface area contributed by atoms with Crippen molar-refractivity contribution in [2.75, 3.05) is 68.2 Å². The quantitative estimate of drug-likeness (QED) is 0.222. The summed E-state index contributed by atoms with van der Waals surface area (Å²) in [6.45, 7) is 12.2. The van der Waals surface area contributed by atoms with Crippen LogP contribution in [0.3, 0.4) is 0 Å². The van der Waals surface area contributed by atoms with Crippen molar-refractivity contribution in [3.05, 3.63) is 48.5 Å². The highest BCUT2D eigenvalue weighted by atomic mass is 32.2. The normalized spacial score (nSPS) is 21.5. The van der Waals surface area contributed by atoms with Gasteiger partial charge in [-0.15, -0.1) is 0 Å². The van der Waals surface area contributed by atoms with E-state index in [0.717, 1.165) is 91.2 Å². The molecule has 3 fully saturated rings. The van der Waals surface area contributed by atoms with Crippen LogP contribution < -0.4 is 14.5 Å². The third-order valence-corrected chi connectivity index (χ3v) is 12.2. The van der Waals surface area contributed by atoms with Crippen molar-refractivity contribution in [1.82, 2.24) is 29.6 Å². The van der Waals surface area contributed by atoms with E-state index in [2.05, 4.69) is 38.7 Å². The van der Waals surface area contributed by atoms with E-state index in [-0.39, 0.29) is 23.1 Å². The van der Waals surface area contributed by atoms with Gasteiger partial charge in [-0.05, 0) is 84.0 Å². The van der Waals surface area contributed by atoms with Crippen LogP contribution in [0.4, 0.5) is 15.9 Å².